The number of benzene rings is 1. The molecule has 1 N–H and O–H groups in total. The molecule has 98 valence electrons. The Morgan fingerprint density at radius 1 is 1.17 bits per heavy atom. The molecular weight excluding hydrogens is 222 g/mol. The van der Waals surface area contributed by atoms with Crippen molar-refractivity contribution < 1.29 is 4.74 Å². The fourth-order valence-electron chi connectivity index (χ4n) is 3.48. The summed E-state index contributed by atoms with van der Waals surface area (Å²) in [5.74, 6) is 0. The maximum absolute atomic E-state index is 6.10. The van der Waals surface area contributed by atoms with Crippen molar-refractivity contribution in [2.45, 2.75) is 51.3 Å². The van der Waals surface area contributed by atoms with Crippen molar-refractivity contribution in [1.82, 2.24) is 5.32 Å². The minimum atomic E-state index is -0.0672. The highest BCUT2D eigenvalue weighted by atomic mass is 16.5. The first kappa shape index (κ1) is 12.2. The lowest BCUT2D eigenvalue weighted by atomic mass is 9.90. The molecule has 2 aliphatic rings. The highest BCUT2D eigenvalue weighted by Gasteiger charge is 2.46. The number of hydrogen-bond donors (Lipinski definition) is 1. The van der Waals surface area contributed by atoms with Crippen molar-refractivity contribution in [2.24, 2.45) is 5.41 Å². The van der Waals surface area contributed by atoms with Crippen LogP contribution in [-0.2, 0) is 4.74 Å². The van der Waals surface area contributed by atoms with Gasteiger partial charge in [0.1, 0.15) is 5.72 Å². The second-order valence-corrected chi connectivity index (χ2v) is 6.58. The lowest BCUT2D eigenvalue weighted by Gasteiger charge is -2.41. The summed E-state index contributed by atoms with van der Waals surface area (Å²) in [7, 11) is 0. The molecule has 0 radical (unpaired) electrons. The molecule has 3 rings (SSSR count). The van der Waals surface area contributed by atoms with Crippen LogP contribution in [0.4, 0.5) is 0 Å². The Morgan fingerprint density at radius 3 is 2.61 bits per heavy atom. The summed E-state index contributed by atoms with van der Waals surface area (Å²) in [4.78, 5) is 0. The lowest BCUT2D eigenvalue weighted by molar-refractivity contribution is -0.111. The largest absolute Gasteiger partial charge is 0.361 e. The molecule has 2 fully saturated rings. The summed E-state index contributed by atoms with van der Waals surface area (Å²) < 4.78 is 6.10. The van der Waals surface area contributed by atoms with Gasteiger partial charge in [0, 0.05) is 6.04 Å². The van der Waals surface area contributed by atoms with E-state index in [1.54, 1.807) is 0 Å². The van der Waals surface area contributed by atoms with Crippen LogP contribution >= 0.6 is 0 Å². The first-order chi connectivity index (χ1) is 8.59. The van der Waals surface area contributed by atoms with E-state index in [0.29, 0.717) is 11.5 Å². The molecule has 0 aromatic heterocycles. The summed E-state index contributed by atoms with van der Waals surface area (Å²) in [5, 5.41) is 3.78. The zero-order chi connectivity index (χ0) is 12.6. The van der Waals surface area contributed by atoms with E-state index in [1.165, 1.54) is 12.0 Å². The van der Waals surface area contributed by atoms with Gasteiger partial charge in [-0.25, -0.2) is 0 Å². The number of ether oxygens (including phenoxy) is 1. The molecule has 0 amide bonds. The van der Waals surface area contributed by atoms with Gasteiger partial charge in [-0.3, -0.25) is 5.32 Å². The molecule has 2 nitrogen and oxygen atoms in total. The molecule has 1 saturated carbocycles. The Labute approximate surface area is 110 Å². The molecular formula is C16H23NO. The third-order valence-corrected chi connectivity index (χ3v) is 4.39. The van der Waals surface area contributed by atoms with Crippen LogP contribution in [0.1, 0.15) is 51.1 Å². The summed E-state index contributed by atoms with van der Waals surface area (Å²) in [6, 6.07) is 11.2. The fourth-order valence-corrected chi connectivity index (χ4v) is 3.48. The molecule has 1 spiro atoms. The van der Waals surface area contributed by atoms with Gasteiger partial charge in [0.2, 0.25) is 0 Å². The molecule has 1 aliphatic heterocycles. The van der Waals surface area contributed by atoms with Gasteiger partial charge < -0.3 is 4.74 Å². The third kappa shape index (κ3) is 2.32. The predicted octanol–water partition coefficient (Wildman–Crippen LogP) is 3.64. The van der Waals surface area contributed by atoms with Crippen LogP contribution in [0.5, 0.6) is 0 Å². The number of rotatable bonds is 1. The minimum absolute atomic E-state index is 0.0672. The summed E-state index contributed by atoms with van der Waals surface area (Å²) in [6.45, 7) is 5.57. The monoisotopic (exact) mass is 245 g/mol. The Bertz CT molecular complexity index is 414. The van der Waals surface area contributed by atoms with Crippen molar-refractivity contribution in [3.05, 3.63) is 35.9 Å². The van der Waals surface area contributed by atoms with Crippen molar-refractivity contribution >= 4 is 0 Å². The van der Waals surface area contributed by atoms with E-state index in [0.717, 1.165) is 25.9 Å². The Balaban J connectivity index is 1.77. The van der Waals surface area contributed by atoms with Gasteiger partial charge in [0.05, 0.1) is 6.61 Å². The van der Waals surface area contributed by atoms with Crippen LogP contribution < -0.4 is 5.32 Å². The highest BCUT2D eigenvalue weighted by molar-refractivity contribution is 5.20. The number of hydrogen-bond acceptors (Lipinski definition) is 2. The molecule has 2 unspecified atom stereocenters. The normalized spacial score (nSPS) is 34.9. The molecule has 2 atom stereocenters. The molecule has 1 aliphatic carbocycles. The SMILES string of the molecule is CC1(C)CCC2(C1)NC(c1ccccc1)CCO2. The van der Waals surface area contributed by atoms with E-state index in [1.807, 2.05) is 0 Å². The van der Waals surface area contributed by atoms with E-state index >= 15 is 0 Å². The first-order valence-corrected chi connectivity index (χ1v) is 7.05. The lowest BCUT2D eigenvalue weighted by Crippen LogP contribution is -2.51. The molecule has 1 aromatic carbocycles. The first-order valence-electron chi connectivity index (χ1n) is 7.05. The number of nitrogens with one attached hydrogen (secondary N) is 1. The van der Waals surface area contributed by atoms with Gasteiger partial charge in [-0.05, 0) is 36.7 Å². The molecule has 1 heterocycles. The third-order valence-electron chi connectivity index (χ3n) is 4.39. The Hall–Kier alpha value is -0.860. The van der Waals surface area contributed by atoms with E-state index in [-0.39, 0.29) is 5.72 Å². The zero-order valence-electron chi connectivity index (χ0n) is 11.4. The van der Waals surface area contributed by atoms with Crippen LogP contribution in [0.25, 0.3) is 0 Å². The molecule has 1 aromatic rings. The van der Waals surface area contributed by atoms with Crippen LogP contribution in [0, 0.1) is 5.41 Å². The molecule has 18 heavy (non-hydrogen) atoms. The molecule has 0 bridgehead atoms. The van der Waals surface area contributed by atoms with Crippen molar-refractivity contribution in [2.75, 3.05) is 6.61 Å². The highest BCUT2D eigenvalue weighted by Crippen LogP contribution is 2.46. The van der Waals surface area contributed by atoms with Crippen LogP contribution in [0.2, 0.25) is 0 Å². The van der Waals surface area contributed by atoms with Gasteiger partial charge in [0.25, 0.3) is 0 Å². The average molecular weight is 245 g/mol. The van der Waals surface area contributed by atoms with Crippen molar-refractivity contribution in [1.29, 1.82) is 0 Å². The average Bonchev–Trinajstić information content (AvgIpc) is 2.66. The van der Waals surface area contributed by atoms with E-state index in [2.05, 4.69) is 49.5 Å². The van der Waals surface area contributed by atoms with Gasteiger partial charge in [-0.15, -0.1) is 0 Å². The second-order valence-electron chi connectivity index (χ2n) is 6.58. The van der Waals surface area contributed by atoms with E-state index < -0.39 is 0 Å². The van der Waals surface area contributed by atoms with Crippen LogP contribution in [0.15, 0.2) is 30.3 Å². The maximum atomic E-state index is 6.10. The van der Waals surface area contributed by atoms with Gasteiger partial charge in [-0.1, -0.05) is 44.2 Å². The van der Waals surface area contributed by atoms with Gasteiger partial charge >= 0.3 is 0 Å². The van der Waals surface area contributed by atoms with Crippen molar-refractivity contribution in [3.8, 4) is 0 Å². The summed E-state index contributed by atoms with van der Waals surface area (Å²) >= 11 is 0. The standard InChI is InChI=1S/C16H23NO/c1-15(2)9-10-16(12-15)17-14(8-11-18-16)13-6-4-3-5-7-13/h3-7,14,17H,8-12H2,1-2H3. The zero-order valence-corrected chi connectivity index (χ0v) is 11.4. The topological polar surface area (TPSA) is 21.3 Å². The Kier molecular flexibility index (Phi) is 2.95. The predicted molar refractivity (Wildman–Crippen MR) is 73.3 cm³/mol. The van der Waals surface area contributed by atoms with Gasteiger partial charge in [-0.2, -0.15) is 0 Å². The summed E-state index contributed by atoms with van der Waals surface area (Å²) in [5.41, 5.74) is 1.73. The summed E-state index contributed by atoms with van der Waals surface area (Å²) in [6.07, 6.45) is 4.60. The Morgan fingerprint density at radius 2 is 1.94 bits per heavy atom. The van der Waals surface area contributed by atoms with Crippen molar-refractivity contribution in [3.63, 3.8) is 0 Å². The van der Waals surface area contributed by atoms with E-state index in [9.17, 15) is 0 Å². The molecule has 1 saturated heterocycles. The van der Waals surface area contributed by atoms with Crippen LogP contribution in [-0.4, -0.2) is 12.3 Å². The van der Waals surface area contributed by atoms with Gasteiger partial charge in [0.15, 0.2) is 0 Å². The molecule has 2 heteroatoms. The maximum Gasteiger partial charge on any atom is 0.120 e. The quantitative estimate of drug-likeness (QED) is 0.815. The fraction of sp³-hybridized carbons (Fsp3) is 0.625. The minimum Gasteiger partial charge on any atom is -0.361 e. The second kappa shape index (κ2) is 4.36. The van der Waals surface area contributed by atoms with Crippen LogP contribution in [0.3, 0.4) is 0 Å². The smallest absolute Gasteiger partial charge is 0.120 e. The van der Waals surface area contributed by atoms with E-state index in [4.69, 9.17) is 4.74 Å².